The van der Waals surface area contributed by atoms with Gasteiger partial charge in [0, 0.05) is 24.3 Å². The van der Waals surface area contributed by atoms with E-state index in [1.807, 2.05) is 0 Å². The van der Waals surface area contributed by atoms with Crippen molar-refractivity contribution in [1.29, 1.82) is 0 Å². The zero-order chi connectivity index (χ0) is 25.8. The van der Waals surface area contributed by atoms with Gasteiger partial charge in [0.15, 0.2) is 5.78 Å². The predicted octanol–water partition coefficient (Wildman–Crippen LogP) is 6.95. The first-order valence-corrected chi connectivity index (χ1v) is 14.3. The van der Waals surface area contributed by atoms with Crippen molar-refractivity contribution < 1.29 is 9.53 Å². The van der Waals surface area contributed by atoms with Crippen LogP contribution in [-0.4, -0.2) is 56.1 Å². The Morgan fingerprint density at radius 2 is 1.47 bits per heavy atom. The van der Waals surface area contributed by atoms with Crippen molar-refractivity contribution >= 4 is 11.5 Å². The second kappa shape index (κ2) is 14.5. The highest BCUT2D eigenvalue weighted by Crippen LogP contribution is 2.32. The van der Waals surface area contributed by atoms with Crippen LogP contribution in [0.3, 0.4) is 0 Å². The summed E-state index contributed by atoms with van der Waals surface area (Å²) in [6.45, 7) is 11.0. The molecule has 1 unspecified atom stereocenters. The molecule has 198 valence electrons. The Kier molecular flexibility index (Phi) is 11.5. The third kappa shape index (κ3) is 7.43. The summed E-state index contributed by atoms with van der Waals surface area (Å²) < 4.78 is 5.51. The standard InChI is InChI=1S/C32H48N2O2/c1-5-8-11-27-12-14-28(15-13-27)26-32(20-9-6-2,33(4)21-10-7-3)31(35)29-16-18-30(19-17-29)34-22-24-36-25-23-34/h12-19H,5-11,20-26H2,1-4H3. The van der Waals surface area contributed by atoms with Crippen LogP contribution in [0.2, 0.25) is 0 Å². The number of aryl methyl sites for hydroxylation is 1. The lowest BCUT2D eigenvalue weighted by Crippen LogP contribution is -2.55. The summed E-state index contributed by atoms with van der Waals surface area (Å²) in [6, 6.07) is 17.4. The molecule has 4 heteroatoms. The number of carbonyl (C=O) groups is 1. The highest BCUT2D eigenvalue weighted by molar-refractivity contribution is 6.03. The Morgan fingerprint density at radius 1 is 0.861 bits per heavy atom. The van der Waals surface area contributed by atoms with Crippen molar-refractivity contribution in [3.05, 3.63) is 65.2 Å². The molecule has 1 aliphatic rings. The first-order chi connectivity index (χ1) is 17.5. The van der Waals surface area contributed by atoms with Gasteiger partial charge in [-0.3, -0.25) is 9.69 Å². The third-order valence-electron chi connectivity index (χ3n) is 7.79. The van der Waals surface area contributed by atoms with E-state index in [1.165, 1.54) is 29.7 Å². The van der Waals surface area contributed by atoms with Gasteiger partial charge in [-0.25, -0.2) is 0 Å². The van der Waals surface area contributed by atoms with Crippen molar-refractivity contribution in [1.82, 2.24) is 4.90 Å². The summed E-state index contributed by atoms with van der Waals surface area (Å²) in [5, 5.41) is 0. The van der Waals surface area contributed by atoms with Gasteiger partial charge >= 0.3 is 0 Å². The average Bonchev–Trinajstić information content (AvgIpc) is 2.93. The molecule has 0 spiro atoms. The number of anilines is 1. The fourth-order valence-electron chi connectivity index (χ4n) is 5.32. The second-order valence-corrected chi connectivity index (χ2v) is 10.5. The average molecular weight is 493 g/mol. The van der Waals surface area contributed by atoms with Crippen LogP contribution in [0.15, 0.2) is 48.5 Å². The van der Waals surface area contributed by atoms with Crippen molar-refractivity contribution in [2.45, 2.75) is 84.1 Å². The molecule has 1 heterocycles. The number of nitrogens with zero attached hydrogens (tertiary/aromatic N) is 2. The minimum Gasteiger partial charge on any atom is -0.378 e. The molecule has 0 saturated carbocycles. The molecule has 1 atom stereocenters. The molecular weight excluding hydrogens is 444 g/mol. The topological polar surface area (TPSA) is 32.8 Å². The molecular formula is C32H48N2O2. The molecule has 0 aliphatic carbocycles. The quantitative estimate of drug-likeness (QED) is 0.252. The molecule has 0 bridgehead atoms. The molecule has 36 heavy (non-hydrogen) atoms. The van der Waals surface area contributed by atoms with E-state index in [2.05, 4.69) is 86.1 Å². The maximum atomic E-state index is 14.4. The minimum atomic E-state index is -0.531. The Hall–Kier alpha value is -2.17. The molecule has 1 aliphatic heterocycles. The monoisotopic (exact) mass is 492 g/mol. The van der Waals surface area contributed by atoms with Crippen LogP contribution in [0.25, 0.3) is 0 Å². The van der Waals surface area contributed by atoms with Gasteiger partial charge in [-0.1, -0.05) is 70.7 Å². The number of ether oxygens (including phenoxy) is 1. The summed E-state index contributed by atoms with van der Waals surface area (Å²) in [5.41, 5.74) is 4.12. The van der Waals surface area contributed by atoms with Crippen molar-refractivity contribution in [3.8, 4) is 0 Å². The van der Waals surface area contributed by atoms with Crippen LogP contribution in [-0.2, 0) is 17.6 Å². The molecule has 0 N–H and O–H groups in total. The smallest absolute Gasteiger partial charge is 0.183 e. The van der Waals surface area contributed by atoms with E-state index in [0.29, 0.717) is 0 Å². The number of benzene rings is 2. The maximum Gasteiger partial charge on any atom is 0.183 e. The third-order valence-corrected chi connectivity index (χ3v) is 7.79. The Bertz CT molecular complexity index is 903. The van der Waals surface area contributed by atoms with Crippen molar-refractivity contribution in [2.24, 2.45) is 0 Å². The second-order valence-electron chi connectivity index (χ2n) is 10.5. The lowest BCUT2D eigenvalue weighted by molar-refractivity contribution is 0.0573. The number of Topliss-reactive ketones (excluding diaryl/α,β-unsaturated/α-hetero) is 1. The lowest BCUT2D eigenvalue weighted by atomic mass is 9.78. The molecule has 1 saturated heterocycles. The molecule has 2 aromatic rings. The zero-order valence-electron chi connectivity index (χ0n) is 23.2. The summed E-state index contributed by atoms with van der Waals surface area (Å²) in [7, 11) is 2.17. The highest BCUT2D eigenvalue weighted by Gasteiger charge is 2.41. The molecule has 0 radical (unpaired) electrons. The van der Waals surface area contributed by atoms with E-state index in [0.717, 1.165) is 83.4 Å². The Balaban J connectivity index is 1.91. The van der Waals surface area contributed by atoms with Gasteiger partial charge in [0.2, 0.25) is 0 Å². The Labute approximate surface area is 220 Å². The van der Waals surface area contributed by atoms with Crippen LogP contribution in [0, 0.1) is 0 Å². The van der Waals surface area contributed by atoms with Gasteiger partial charge in [0.05, 0.1) is 18.8 Å². The van der Waals surface area contributed by atoms with E-state index in [9.17, 15) is 4.79 Å². The number of hydrogen-bond acceptors (Lipinski definition) is 4. The fraction of sp³-hybridized carbons (Fsp3) is 0.594. The normalized spacial score (nSPS) is 15.8. The molecule has 0 amide bonds. The first kappa shape index (κ1) is 28.4. The van der Waals surface area contributed by atoms with E-state index < -0.39 is 5.54 Å². The maximum absolute atomic E-state index is 14.4. The first-order valence-electron chi connectivity index (χ1n) is 14.3. The van der Waals surface area contributed by atoms with Crippen molar-refractivity contribution in [3.63, 3.8) is 0 Å². The molecule has 3 rings (SSSR count). The van der Waals surface area contributed by atoms with Crippen LogP contribution >= 0.6 is 0 Å². The highest BCUT2D eigenvalue weighted by atomic mass is 16.5. The van der Waals surface area contributed by atoms with Gasteiger partial charge in [-0.05, 0) is 81.1 Å². The molecule has 0 aromatic heterocycles. The fourth-order valence-corrected chi connectivity index (χ4v) is 5.32. The summed E-state index contributed by atoms with van der Waals surface area (Å²) in [6.07, 6.45) is 9.55. The van der Waals surface area contributed by atoms with Crippen molar-refractivity contribution in [2.75, 3.05) is 44.8 Å². The molecule has 4 nitrogen and oxygen atoms in total. The molecule has 2 aromatic carbocycles. The van der Waals surface area contributed by atoms with Gasteiger partial charge in [-0.2, -0.15) is 0 Å². The van der Waals surface area contributed by atoms with Gasteiger partial charge in [0.25, 0.3) is 0 Å². The largest absolute Gasteiger partial charge is 0.378 e. The lowest BCUT2D eigenvalue weighted by Gasteiger charge is -2.41. The van der Waals surface area contributed by atoms with E-state index in [-0.39, 0.29) is 5.78 Å². The van der Waals surface area contributed by atoms with E-state index in [1.54, 1.807) is 0 Å². The van der Waals surface area contributed by atoms with Gasteiger partial charge in [0.1, 0.15) is 0 Å². The van der Waals surface area contributed by atoms with Crippen LogP contribution in [0.5, 0.6) is 0 Å². The van der Waals surface area contributed by atoms with Crippen LogP contribution in [0.1, 0.15) is 87.2 Å². The zero-order valence-corrected chi connectivity index (χ0v) is 23.2. The number of rotatable bonds is 15. The SMILES string of the molecule is CCCCc1ccc(CC(CCCC)(C(=O)c2ccc(N3CCOCC3)cc2)N(C)CCCC)cc1. The predicted molar refractivity (Wildman–Crippen MR) is 152 cm³/mol. The van der Waals surface area contributed by atoms with Crippen LogP contribution in [0.4, 0.5) is 5.69 Å². The van der Waals surface area contributed by atoms with Gasteiger partial charge in [-0.15, -0.1) is 0 Å². The number of unbranched alkanes of at least 4 members (excludes halogenated alkanes) is 3. The van der Waals surface area contributed by atoms with Crippen LogP contribution < -0.4 is 4.90 Å². The summed E-state index contributed by atoms with van der Waals surface area (Å²) in [5.74, 6) is 0.262. The van der Waals surface area contributed by atoms with E-state index in [4.69, 9.17) is 4.74 Å². The number of carbonyl (C=O) groups excluding carboxylic acids is 1. The number of morpholine rings is 1. The Morgan fingerprint density at radius 3 is 2.08 bits per heavy atom. The molecule has 1 fully saturated rings. The number of ketones is 1. The van der Waals surface area contributed by atoms with Gasteiger partial charge < -0.3 is 9.64 Å². The van der Waals surface area contributed by atoms with E-state index >= 15 is 0 Å². The summed E-state index contributed by atoms with van der Waals surface area (Å²) >= 11 is 0. The minimum absolute atomic E-state index is 0.262. The number of likely N-dealkylation sites (N-methyl/N-ethyl adjacent to an activating group) is 1. The number of hydrogen-bond donors (Lipinski definition) is 0. The summed E-state index contributed by atoms with van der Waals surface area (Å²) in [4.78, 5) is 19.1.